The molecule has 0 radical (unpaired) electrons. The van der Waals surface area contributed by atoms with Crippen LogP contribution in [0.1, 0.15) is 52.1 Å². The number of rotatable bonds is 8. The summed E-state index contributed by atoms with van der Waals surface area (Å²) in [6.07, 6.45) is 6.62. The highest BCUT2D eigenvalue weighted by atomic mass is 16.2. The minimum absolute atomic E-state index is 0.163. The minimum Gasteiger partial charge on any atom is -0.396 e. The van der Waals surface area contributed by atoms with Crippen molar-refractivity contribution in [2.24, 2.45) is 0 Å². The zero-order chi connectivity index (χ0) is 13.4. The van der Waals surface area contributed by atoms with Gasteiger partial charge in [0.25, 0.3) is 0 Å². The SMILES string of the molecule is CC(C)(C)NCc1cccn1CCCCCCO. The van der Waals surface area contributed by atoms with Crippen LogP contribution < -0.4 is 5.32 Å². The second kappa shape index (κ2) is 7.59. The molecule has 0 aliphatic heterocycles. The van der Waals surface area contributed by atoms with Gasteiger partial charge in [0.1, 0.15) is 0 Å². The molecule has 0 amide bonds. The van der Waals surface area contributed by atoms with Gasteiger partial charge < -0.3 is 15.0 Å². The molecule has 1 aromatic rings. The molecule has 1 aromatic heterocycles. The highest BCUT2D eigenvalue weighted by molar-refractivity contribution is 5.07. The Bertz CT molecular complexity index is 325. The first-order valence-electron chi connectivity index (χ1n) is 7.03. The predicted octanol–water partition coefficient (Wildman–Crippen LogP) is 2.93. The number of aromatic nitrogens is 1. The number of aliphatic hydroxyl groups excluding tert-OH is 1. The van der Waals surface area contributed by atoms with Crippen LogP contribution in [0.5, 0.6) is 0 Å². The molecule has 0 unspecified atom stereocenters. The summed E-state index contributed by atoms with van der Waals surface area (Å²) in [5.74, 6) is 0. The van der Waals surface area contributed by atoms with E-state index >= 15 is 0 Å². The normalized spacial score (nSPS) is 12.0. The van der Waals surface area contributed by atoms with Crippen molar-refractivity contribution in [2.45, 2.75) is 65.1 Å². The summed E-state index contributed by atoms with van der Waals surface area (Å²) >= 11 is 0. The molecule has 1 rings (SSSR count). The number of aliphatic hydroxyl groups is 1. The molecule has 3 heteroatoms. The highest BCUT2D eigenvalue weighted by Gasteiger charge is 2.09. The summed E-state index contributed by atoms with van der Waals surface area (Å²) in [5, 5.41) is 12.2. The maximum Gasteiger partial charge on any atom is 0.0431 e. The van der Waals surface area contributed by atoms with Crippen molar-refractivity contribution in [3.63, 3.8) is 0 Å². The van der Waals surface area contributed by atoms with E-state index in [1.54, 1.807) is 0 Å². The Labute approximate surface area is 111 Å². The standard InChI is InChI=1S/C15H28N2O/c1-15(2,3)16-13-14-9-8-11-17(14)10-6-4-5-7-12-18/h8-9,11,16,18H,4-7,10,12-13H2,1-3H3. The smallest absolute Gasteiger partial charge is 0.0431 e. The summed E-state index contributed by atoms with van der Waals surface area (Å²) in [6.45, 7) is 8.90. The Kier molecular flexibility index (Phi) is 6.44. The average molecular weight is 252 g/mol. The monoisotopic (exact) mass is 252 g/mol. The van der Waals surface area contributed by atoms with Gasteiger partial charge in [-0.15, -0.1) is 0 Å². The second-order valence-electron chi connectivity index (χ2n) is 5.93. The minimum atomic E-state index is 0.163. The van der Waals surface area contributed by atoms with Crippen LogP contribution in [-0.4, -0.2) is 21.8 Å². The van der Waals surface area contributed by atoms with Gasteiger partial charge >= 0.3 is 0 Å². The number of hydrogen-bond donors (Lipinski definition) is 2. The van der Waals surface area contributed by atoms with E-state index < -0.39 is 0 Å². The van der Waals surface area contributed by atoms with Crippen molar-refractivity contribution in [2.75, 3.05) is 6.61 Å². The van der Waals surface area contributed by atoms with Gasteiger partial charge in [0.05, 0.1) is 0 Å². The van der Waals surface area contributed by atoms with Crippen molar-refractivity contribution >= 4 is 0 Å². The van der Waals surface area contributed by atoms with Crippen LogP contribution in [-0.2, 0) is 13.1 Å². The Hall–Kier alpha value is -0.800. The summed E-state index contributed by atoms with van der Waals surface area (Å²) in [7, 11) is 0. The molecule has 0 aromatic carbocycles. The van der Waals surface area contributed by atoms with E-state index in [2.05, 4.69) is 49.0 Å². The van der Waals surface area contributed by atoms with Crippen LogP contribution in [0.3, 0.4) is 0 Å². The zero-order valence-corrected chi connectivity index (χ0v) is 12.1. The molecule has 0 aliphatic rings. The van der Waals surface area contributed by atoms with Crippen LogP contribution in [0.15, 0.2) is 18.3 Å². The number of nitrogens with one attached hydrogen (secondary N) is 1. The Balaban J connectivity index is 2.31. The van der Waals surface area contributed by atoms with Crippen molar-refractivity contribution in [1.29, 1.82) is 0 Å². The number of unbranched alkanes of at least 4 members (excludes halogenated alkanes) is 3. The first kappa shape index (κ1) is 15.3. The molecule has 0 aliphatic carbocycles. The van der Waals surface area contributed by atoms with Crippen LogP contribution >= 0.6 is 0 Å². The molecule has 0 fully saturated rings. The lowest BCUT2D eigenvalue weighted by molar-refractivity contribution is 0.282. The van der Waals surface area contributed by atoms with Crippen molar-refractivity contribution in [3.8, 4) is 0 Å². The fourth-order valence-corrected chi connectivity index (χ4v) is 1.93. The molecule has 104 valence electrons. The Morgan fingerprint density at radius 3 is 2.56 bits per heavy atom. The summed E-state index contributed by atoms with van der Waals surface area (Å²) < 4.78 is 2.33. The molecule has 0 saturated carbocycles. The zero-order valence-electron chi connectivity index (χ0n) is 12.1. The quantitative estimate of drug-likeness (QED) is 0.698. The summed E-state index contributed by atoms with van der Waals surface area (Å²) in [4.78, 5) is 0. The van der Waals surface area contributed by atoms with E-state index in [0.717, 1.165) is 25.9 Å². The number of hydrogen-bond acceptors (Lipinski definition) is 2. The van der Waals surface area contributed by atoms with Gasteiger partial charge in [0, 0.05) is 37.1 Å². The van der Waals surface area contributed by atoms with E-state index in [-0.39, 0.29) is 5.54 Å². The van der Waals surface area contributed by atoms with Gasteiger partial charge in [-0.1, -0.05) is 12.8 Å². The lowest BCUT2D eigenvalue weighted by Gasteiger charge is -2.21. The molecule has 2 N–H and O–H groups in total. The van der Waals surface area contributed by atoms with E-state index in [0.29, 0.717) is 6.61 Å². The van der Waals surface area contributed by atoms with E-state index in [1.807, 2.05) is 0 Å². The van der Waals surface area contributed by atoms with E-state index in [4.69, 9.17) is 5.11 Å². The number of nitrogens with zero attached hydrogens (tertiary/aromatic N) is 1. The van der Waals surface area contributed by atoms with Gasteiger partial charge in [0.15, 0.2) is 0 Å². The largest absolute Gasteiger partial charge is 0.396 e. The Morgan fingerprint density at radius 2 is 1.89 bits per heavy atom. The fourth-order valence-electron chi connectivity index (χ4n) is 1.93. The maximum atomic E-state index is 8.73. The van der Waals surface area contributed by atoms with Crippen LogP contribution in [0.2, 0.25) is 0 Å². The molecule has 0 atom stereocenters. The molecule has 1 heterocycles. The van der Waals surface area contributed by atoms with Crippen molar-refractivity contribution < 1.29 is 5.11 Å². The van der Waals surface area contributed by atoms with Crippen LogP contribution in [0, 0.1) is 0 Å². The summed E-state index contributed by atoms with van der Waals surface area (Å²) in [6, 6.07) is 4.31. The number of aryl methyl sites for hydroxylation is 1. The predicted molar refractivity (Wildman–Crippen MR) is 76.6 cm³/mol. The third kappa shape index (κ3) is 6.22. The van der Waals surface area contributed by atoms with Gasteiger partial charge in [-0.25, -0.2) is 0 Å². The summed E-state index contributed by atoms with van der Waals surface area (Å²) in [5.41, 5.74) is 1.52. The van der Waals surface area contributed by atoms with Gasteiger partial charge in [0.2, 0.25) is 0 Å². The van der Waals surface area contributed by atoms with Gasteiger partial charge in [-0.2, -0.15) is 0 Å². The Morgan fingerprint density at radius 1 is 1.17 bits per heavy atom. The third-order valence-electron chi connectivity index (χ3n) is 3.03. The molecule has 3 nitrogen and oxygen atoms in total. The van der Waals surface area contributed by atoms with Crippen molar-refractivity contribution in [1.82, 2.24) is 9.88 Å². The topological polar surface area (TPSA) is 37.2 Å². The lowest BCUT2D eigenvalue weighted by Crippen LogP contribution is -2.35. The molecular formula is C15H28N2O. The van der Waals surface area contributed by atoms with E-state index in [1.165, 1.54) is 18.5 Å². The van der Waals surface area contributed by atoms with Crippen LogP contribution in [0.4, 0.5) is 0 Å². The van der Waals surface area contributed by atoms with Gasteiger partial charge in [-0.3, -0.25) is 0 Å². The highest BCUT2D eigenvalue weighted by Crippen LogP contribution is 2.09. The molecule has 0 spiro atoms. The van der Waals surface area contributed by atoms with Crippen molar-refractivity contribution in [3.05, 3.63) is 24.0 Å². The molecular weight excluding hydrogens is 224 g/mol. The first-order valence-corrected chi connectivity index (χ1v) is 7.03. The fraction of sp³-hybridized carbons (Fsp3) is 0.733. The molecule has 0 bridgehead atoms. The molecule has 18 heavy (non-hydrogen) atoms. The average Bonchev–Trinajstić information content (AvgIpc) is 2.73. The first-order chi connectivity index (χ1) is 8.53. The second-order valence-corrected chi connectivity index (χ2v) is 5.93. The van der Waals surface area contributed by atoms with Gasteiger partial charge in [-0.05, 0) is 45.7 Å². The lowest BCUT2D eigenvalue weighted by atomic mass is 10.1. The van der Waals surface area contributed by atoms with E-state index in [9.17, 15) is 0 Å². The van der Waals surface area contributed by atoms with Crippen LogP contribution in [0.25, 0.3) is 0 Å². The third-order valence-corrected chi connectivity index (χ3v) is 3.03. The molecule has 0 saturated heterocycles. The maximum absolute atomic E-state index is 8.73.